The van der Waals surface area contributed by atoms with Crippen LogP contribution < -0.4 is 0 Å². The van der Waals surface area contributed by atoms with Crippen molar-refractivity contribution in [2.45, 2.75) is 25.8 Å². The first-order valence-corrected chi connectivity index (χ1v) is 3.75. The van der Waals surface area contributed by atoms with E-state index in [1.165, 1.54) is 0 Å². The lowest BCUT2D eigenvalue weighted by Gasteiger charge is -2.14. The third-order valence-electron chi connectivity index (χ3n) is 1.76. The Morgan fingerprint density at radius 2 is 2.44 bits per heavy atom. The van der Waals surface area contributed by atoms with E-state index in [-0.39, 0.29) is 6.04 Å². The van der Waals surface area contributed by atoms with Gasteiger partial charge in [0.2, 0.25) is 0 Å². The van der Waals surface area contributed by atoms with Gasteiger partial charge in [0.25, 0.3) is 0 Å². The van der Waals surface area contributed by atoms with E-state index in [2.05, 4.69) is 9.39 Å². The molecule has 1 rings (SSSR count). The van der Waals surface area contributed by atoms with Gasteiger partial charge in [-0.25, -0.2) is 0 Å². The molecular weight excluding hydrogens is 133 g/mol. The van der Waals surface area contributed by atoms with E-state index in [4.69, 9.17) is 0 Å². The van der Waals surface area contributed by atoms with E-state index >= 15 is 0 Å². The van der Waals surface area contributed by atoms with E-state index in [0.717, 1.165) is 19.4 Å². The quantitative estimate of drug-likeness (QED) is 0.509. The van der Waals surface area contributed by atoms with Crippen molar-refractivity contribution in [3.8, 4) is 0 Å². The van der Waals surface area contributed by atoms with Crippen LogP contribution in [0, 0.1) is 0 Å². The number of hydrogen-bond donors (Lipinski definition) is 0. The molecule has 0 amide bonds. The third-order valence-corrected chi connectivity index (χ3v) is 2.38. The third kappa shape index (κ3) is 1.50. The second-order valence-corrected chi connectivity index (χ2v) is 3.17. The molecule has 2 nitrogen and oxygen atoms in total. The van der Waals surface area contributed by atoms with Crippen LogP contribution in [0.1, 0.15) is 19.8 Å². The molecule has 1 heterocycles. The lowest BCUT2D eigenvalue weighted by molar-refractivity contribution is -0.119. The Labute approximate surface area is 57.9 Å². The van der Waals surface area contributed by atoms with E-state index < -0.39 is 0 Å². The molecular formula is C6H12NOP. The average molecular weight is 145 g/mol. The normalized spacial score (nSPS) is 28.9. The van der Waals surface area contributed by atoms with Crippen LogP contribution in [0.2, 0.25) is 0 Å². The van der Waals surface area contributed by atoms with Crippen LogP contribution in [-0.4, -0.2) is 23.0 Å². The monoisotopic (exact) mass is 145 g/mol. The molecule has 0 saturated carbocycles. The smallest absolute Gasteiger partial charge is 0.147 e. The van der Waals surface area contributed by atoms with Crippen LogP contribution >= 0.6 is 9.39 Å². The Bertz CT molecular complexity index is 126. The van der Waals surface area contributed by atoms with Crippen molar-refractivity contribution < 1.29 is 4.79 Å². The van der Waals surface area contributed by atoms with Gasteiger partial charge in [-0.1, -0.05) is 9.39 Å². The Balaban J connectivity index is 2.49. The first kappa shape index (κ1) is 7.17. The van der Waals surface area contributed by atoms with Gasteiger partial charge in [-0.15, -0.1) is 0 Å². The number of carbonyl (C=O) groups excluding carboxylic acids is 1. The van der Waals surface area contributed by atoms with E-state index in [9.17, 15) is 4.79 Å². The molecule has 0 aromatic carbocycles. The number of ketones is 1. The molecule has 1 aliphatic rings. The Morgan fingerprint density at radius 3 is 2.67 bits per heavy atom. The molecule has 9 heavy (non-hydrogen) atoms. The molecule has 1 fully saturated rings. The van der Waals surface area contributed by atoms with Gasteiger partial charge < -0.3 is 0 Å². The summed E-state index contributed by atoms with van der Waals surface area (Å²) in [6, 6.07) is 0.190. The van der Waals surface area contributed by atoms with Crippen molar-refractivity contribution in [3.05, 3.63) is 0 Å². The van der Waals surface area contributed by atoms with E-state index in [0.29, 0.717) is 5.78 Å². The predicted octanol–water partition coefficient (Wildman–Crippen LogP) is 0.830. The fraction of sp³-hybridized carbons (Fsp3) is 0.833. The zero-order chi connectivity index (χ0) is 6.85. The van der Waals surface area contributed by atoms with Crippen molar-refractivity contribution >= 4 is 15.2 Å². The Kier molecular flexibility index (Phi) is 2.20. The SMILES string of the molecule is CC(=O)C1CCCN1P. The average Bonchev–Trinajstić information content (AvgIpc) is 2.13. The molecule has 0 N–H and O–H groups in total. The standard InChI is InChI=1S/C6H12NOP/c1-5(8)6-3-2-4-7(6)9/h6H,2-4,9H2,1H3. The van der Waals surface area contributed by atoms with Crippen molar-refractivity contribution in [3.63, 3.8) is 0 Å². The summed E-state index contributed by atoms with van der Waals surface area (Å²) in [5.41, 5.74) is 0. The van der Waals surface area contributed by atoms with Crippen LogP contribution in [0.15, 0.2) is 0 Å². The topological polar surface area (TPSA) is 20.3 Å². The van der Waals surface area contributed by atoms with Gasteiger partial charge in [-0.3, -0.25) is 9.46 Å². The minimum atomic E-state index is 0.190. The molecule has 2 atom stereocenters. The summed E-state index contributed by atoms with van der Waals surface area (Å²) in [5.74, 6) is 0.294. The van der Waals surface area contributed by atoms with E-state index in [1.807, 2.05) is 4.67 Å². The first-order chi connectivity index (χ1) is 4.22. The van der Waals surface area contributed by atoms with Gasteiger partial charge >= 0.3 is 0 Å². The lowest BCUT2D eigenvalue weighted by atomic mass is 10.2. The molecule has 0 radical (unpaired) electrons. The van der Waals surface area contributed by atoms with Gasteiger partial charge in [-0.2, -0.15) is 0 Å². The second-order valence-electron chi connectivity index (χ2n) is 2.51. The molecule has 0 aliphatic carbocycles. The number of rotatable bonds is 1. The highest BCUT2D eigenvalue weighted by atomic mass is 31.0. The summed E-state index contributed by atoms with van der Waals surface area (Å²) in [6.45, 7) is 2.71. The molecule has 0 spiro atoms. The molecule has 0 aromatic heterocycles. The largest absolute Gasteiger partial charge is 0.298 e. The fourth-order valence-corrected chi connectivity index (χ4v) is 1.77. The maximum Gasteiger partial charge on any atom is 0.147 e. The highest BCUT2D eigenvalue weighted by Gasteiger charge is 2.24. The summed E-state index contributed by atoms with van der Waals surface area (Å²) in [4.78, 5) is 10.8. The van der Waals surface area contributed by atoms with E-state index in [1.54, 1.807) is 6.92 Å². The fourth-order valence-electron chi connectivity index (χ4n) is 1.23. The van der Waals surface area contributed by atoms with Gasteiger partial charge in [0.05, 0.1) is 6.04 Å². The highest BCUT2D eigenvalue weighted by molar-refractivity contribution is 7.13. The van der Waals surface area contributed by atoms with Crippen LogP contribution in [0.4, 0.5) is 0 Å². The number of hydrogen-bond acceptors (Lipinski definition) is 2. The van der Waals surface area contributed by atoms with Gasteiger partial charge in [0.15, 0.2) is 0 Å². The lowest BCUT2D eigenvalue weighted by Crippen LogP contribution is -2.26. The maximum absolute atomic E-state index is 10.8. The minimum Gasteiger partial charge on any atom is -0.298 e. The number of nitrogens with zero attached hydrogens (tertiary/aromatic N) is 1. The van der Waals surface area contributed by atoms with Gasteiger partial charge in [0, 0.05) is 6.54 Å². The minimum absolute atomic E-state index is 0.190. The molecule has 0 aromatic rings. The zero-order valence-corrected chi connectivity index (χ0v) is 6.79. The van der Waals surface area contributed by atoms with Crippen LogP contribution in [-0.2, 0) is 4.79 Å². The Hall–Kier alpha value is 0.0600. The van der Waals surface area contributed by atoms with Crippen LogP contribution in [0.3, 0.4) is 0 Å². The van der Waals surface area contributed by atoms with Gasteiger partial charge in [0.1, 0.15) is 5.78 Å². The number of carbonyl (C=O) groups is 1. The first-order valence-electron chi connectivity index (χ1n) is 3.23. The van der Waals surface area contributed by atoms with Gasteiger partial charge in [-0.05, 0) is 19.8 Å². The second kappa shape index (κ2) is 2.76. The summed E-state index contributed by atoms with van der Waals surface area (Å²) in [7, 11) is 2.59. The predicted molar refractivity (Wildman–Crippen MR) is 40.1 cm³/mol. The van der Waals surface area contributed by atoms with Crippen LogP contribution in [0.25, 0.3) is 0 Å². The maximum atomic E-state index is 10.8. The molecule has 1 aliphatic heterocycles. The van der Waals surface area contributed by atoms with Crippen molar-refractivity contribution in [2.24, 2.45) is 0 Å². The van der Waals surface area contributed by atoms with Crippen molar-refractivity contribution in [1.29, 1.82) is 0 Å². The summed E-state index contributed by atoms with van der Waals surface area (Å²) in [5, 5.41) is 0. The van der Waals surface area contributed by atoms with Crippen LogP contribution in [0.5, 0.6) is 0 Å². The molecule has 52 valence electrons. The van der Waals surface area contributed by atoms with Crippen molar-refractivity contribution in [2.75, 3.05) is 6.54 Å². The Morgan fingerprint density at radius 1 is 1.78 bits per heavy atom. The molecule has 2 unspecified atom stereocenters. The molecule has 0 bridgehead atoms. The summed E-state index contributed by atoms with van der Waals surface area (Å²) >= 11 is 0. The summed E-state index contributed by atoms with van der Waals surface area (Å²) < 4.78 is 2.04. The molecule has 3 heteroatoms. The molecule has 1 saturated heterocycles. The van der Waals surface area contributed by atoms with Crippen molar-refractivity contribution in [1.82, 2.24) is 4.67 Å². The highest BCUT2D eigenvalue weighted by Crippen LogP contribution is 2.20. The summed E-state index contributed by atoms with van der Waals surface area (Å²) in [6.07, 6.45) is 2.20. The zero-order valence-electron chi connectivity index (χ0n) is 5.63. The number of Topliss-reactive ketones (excluding diaryl/α,β-unsaturated/α-hetero) is 1.